The Labute approximate surface area is 323 Å². The number of benzene rings is 5. The first-order chi connectivity index (χ1) is 27.5. The molecule has 5 aromatic heterocycles. The lowest BCUT2D eigenvalue weighted by atomic mass is 9.64. The standard InChI is InChI=1S/C51H41N3O2/c1-28-14-13-15-29(2)37(28)44-43-40-34(26-53-49-39(40)32-17-6-8-19-36(32)56-49)54-33-24-30(25-52)45-46(51(22-11-4-12-23-51)27-50(45)20-9-3-10-21-50)41(33)42(47(43)54)38-31-16-5-7-18-35(31)55-48(38)44/h5-8,13-19,24,26H,3-4,9-12,20-23,27H2,1-2H3. The number of hydrogen-bond donors (Lipinski definition) is 0. The Balaban J connectivity index is 1.38. The van der Waals surface area contributed by atoms with Gasteiger partial charge in [-0.2, -0.15) is 5.26 Å². The lowest BCUT2D eigenvalue weighted by Gasteiger charge is -2.39. The van der Waals surface area contributed by atoms with E-state index in [-0.39, 0.29) is 10.8 Å². The molecule has 0 aliphatic heterocycles. The van der Waals surface area contributed by atoms with Crippen molar-refractivity contribution in [2.75, 3.05) is 0 Å². The summed E-state index contributed by atoms with van der Waals surface area (Å²) in [5, 5.41) is 20.7. The van der Waals surface area contributed by atoms with Crippen molar-refractivity contribution in [3.05, 3.63) is 107 Å². The molecule has 3 aliphatic rings. The second kappa shape index (κ2) is 10.7. The number of furan rings is 2. The molecule has 0 N–H and O–H groups in total. The largest absolute Gasteiger partial charge is 0.455 e. The predicted molar refractivity (Wildman–Crippen MR) is 227 cm³/mol. The lowest BCUT2D eigenvalue weighted by molar-refractivity contribution is 0.204. The van der Waals surface area contributed by atoms with Crippen LogP contribution in [0.2, 0.25) is 0 Å². The molecule has 10 aromatic rings. The monoisotopic (exact) mass is 727 g/mol. The summed E-state index contributed by atoms with van der Waals surface area (Å²) in [5.74, 6) is 0. The van der Waals surface area contributed by atoms with Crippen LogP contribution in [0.15, 0.2) is 87.8 Å². The Morgan fingerprint density at radius 3 is 1.96 bits per heavy atom. The molecule has 0 saturated heterocycles. The molecular formula is C51H41N3O2. The Morgan fingerprint density at radius 1 is 0.625 bits per heavy atom. The molecule has 0 amide bonds. The highest BCUT2D eigenvalue weighted by Gasteiger charge is 2.55. The molecule has 0 bridgehead atoms. The SMILES string of the molecule is Cc1cccc(C)c1-c1c2oc3ccccc3c2c2c3c4c(c(C#N)cc3n3c5cnc6oc7ccccc7c6c5c1c23)C1(CCCCC1)CC41CCCCC1. The quantitative estimate of drug-likeness (QED) is 0.169. The molecule has 13 rings (SSSR count). The summed E-state index contributed by atoms with van der Waals surface area (Å²) in [4.78, 5) is 5.08. The molecule has 0 atom stereocenters. The van der Waals surface area contributed by atoms with E-state index in [1.807, 2.05) is 18.3 Å². The van der Waals surface area contributed by atoms with Crippen LogP contribution in [0.4, 0.5) is 0 Å². The molecule has 56 heavy (non-hydrogen) atoms. The highest BCUT2D eigenvalue weighted by Crippen LogP contribution is 2.65. The maximum absolute atomic E-state index is 11.3. The molecule has 272 valence electrons. The fourth-order valence-corrected chi connectivity index (χ4v) is 13.0. The lowest BCUT2D eigenvalue weighted by Crippen LogP contribution is -2.32. The van der Waals surface area contributed by atoms with Gasteiger partial charge in [-0.05, 0) is 103 Å². The van der Waals surface area contributed by atoms with Gasteiger partial charge in [-0.25, -0.2) is 4.98 Å². The third-order valence-electron chi connectivity index (χ3n) is 14.9. The van der Waals surface area contributed by atoms with E-state index in [2.05, 4.69) is 85.0 Å². The second-order valence-corrected chi connectivity index (χ2v) is 17.7. The van der Waals surface area contributed by atoms with Crippen molar-refractivity contribution in [1.29, 1.82) is 5.26 Å². The molecule has 2 fully saturated rings. The van der Waals surface area contributed by atoms with Crippen LogP contribution in [-0.4, -0.2) is 9.38 Å². The normalized spacial score (nSPS) is 18.0. The zero-order valence-electron chi connectivity index (χ0n) is 31.9. The van der Waals surface area contributed by atoms with Crippen molar-refractivity contribution < 1.29 is 8.83 Å². The van der Waals surface area contributed by atoms with Crippen LogP contribution in [0, 0.1) is 25.2 Å². The van der Waals surface area contributed by atoms with E-state index in [1.54, 1.807) is 0 Å². The van der Waals surface area contributed by atoms with Gasteiger partial charge >= 0.3 is 0 Å². The smallest absolute Gasteiger partial charge is 0.228 e. The van der Waals surface area contributed by atoms with E-state index in [4.69, 9.17) is 13.8 Å². The maximum atomic E-state index is 11.3. The number of nitriles is 1. The molecule has 2 saturated carbocycles. The second-order valence-electron chi connectivity index (χ2n) is 17.7. The van der Waals surface area contributed by atoms with E-state index < -0.39 is 0 Å². The summed E-state index contributed by atoms with van der Waals surface area (Å²) >= 11 is 0. The van der Waals surface area contributed by atoms with E-state index in [0.29, 0.717) is 5.71 Å². The number of aromatic nitrogens is 2. The minimum absolute atomic E-state index is 0.0530. The number of aryl methyl sites for hydroxylation is 2. The third kappa shape index (κ3) is 3.65. The van der Waals surface area contributed by atoms with Crippen LogP contribution in [0.3, 0.4) is 0 Å². The summed E-state index contributed by atoms with van der Waals surface area (Å²) in [6.07, 6.45) is 15.5. The number of fused-ring (bicyclic) bond motifs is 18. The van der Waals surface area contributed by atoms with Crippen LogP contribution < -0.4 is 0 Å². The summed E-state index contributed by atoms with van der Waals surface area (Å²) < 4.78 is 16.3. The van der Waals surface area contributed by atoms with Crippen LogP contribution in [0.5, 0.6) is 0 Å². The zero-order chi connectivity index (χ0) is 37.1. The topological polar surface area (TPSA) is 67.4 Å². The van der Waals surface area contributed by atoms with Crippen molar-refractivity contribution in [3.8, 4) is 17.2 Å². The molecule has 3 aliphatic carbocycles. The van der Waals surface area contributed by atoms with Gasteiger partial charge in [0.05, 0.1) is 39.8 Å². The third-order valence-corrected chi connectivity index (χ3v) is 14.9. The van der Waals surface area contributed by atoms with Crippen molar-refractivity contribution in [1.82, 2.24) is 9.38 Å². The first-order valence-electron chi connectivity index (χ1n) is 20.8. The fourth-order valence-electron chi connectivity index (χ4n) is 13.0. The van der Waals surface area contributed by atoms with Gasteiger partial charge in [-0.15, -0.1) is 0 Å². The van der Waals surface area contributed by atoms with Crippen molar-refractivity contribution >= 4 is 82.1 Å². The average Bonchev–Trinajstić information content (AvgIpc) is 4.01. The number of pyridine rings is 1. The Kier molecular flexibility index (Phi) is 5.99. The Hall–Kier alpha value is -5.86. The average molecular weight is 728 g/mol. The summed E-state index contributed by atoms with van der Waals surface area (Å²) in [5.41, 5.74) is 15.4. The minimum atomic E-state index is 0.0530. The molecule has 0 unspecified atom stereocenters. The Bertz CT molecular complexity index is 3370. The van der Waals surface area contributed by atoms with Gasteiger partial charge in [0, 0.05) is 43.3 Å². The van der Waals surface area contributed by atoms with Gasteiger partial charge in [0.2, 0.25) is 5.71 Å². The molecule has 5 heteroatoms. The van der Waals surface area contributed by atoms with Crippen molar-refractivity contribution in [2.24, 2.45) is 0 Å². The van der Waals surface area contributed by atoms with E-state index in [0.717, 1.165) is 60.5 Å². The first kappa shape index (κ1) is 31.4. The first-order valence-corrected chi connectivity index (χ1v) is 20.8. The molecule has 2 spiro atoms. The highest BCUT2D eigenvalue weighted by molar-refractivity contribution is 6.42. The van der Waals surface area contributed by atoms with Crippen molar-refractivity contribution in [3.63, 3.8) is 0 Å². The van der Waals surface area contributed by atoms with Gasteiger partial charge < -0.3 is 13.2 Å². The van der Waals surface area contributed by atoms with Crippen LogP contribution >= 0.6 is 0 Å². The Morgan fingerprint density at radius 2 is 1.27 bits per heavy atom. The van der Waals surface area contributed by atoms with Crippen LogP contribution in [0.1, 0.15) is 98.4 Å². The van der Waals surface area contributed by atoms with Gasteiger partial charge in [-0.1, -0.05) is 93.1 Å². The number of para-hydroxylation sites is 2. The van der Waals surface area contributed by atoms with Crippen molar-refractivity contribution in [2.45, 2.75) is 95.3 Å². The summed E-state index contributed by atoms with van der Waals surface area (Å²) in [6, 6.07) is 28.8. The molecule has 5 nitrogen and oxygen atoms in total. The molecule has 0 radical (unpaired) electrons. The number of nitrogens with zero attached hydrogens (tertiary/aromatic N) is 3. The molecule has 5 aromatic carbocycles. The van der Waals surface area contributed by atoms with Crippen LogP contribution in [0.25, 0.3) is 93.2 Å². The molecule has 5 heterocycles. The van der Waals surface area contributed by atoms with Gasteiger partial charge in [0.15, 0.2) is 0 Å². The summed E-state index contributed by atoms with van der Waals surface area (Å²) in [7, 11) is 0. The number of rotatable bonds is 1. The predicted octanol–water partition coefficient (Wildman–Crippen LogP) is 14.0. The van der Waals surface area contributed by atoms with E-state index >= 15 is 0 Å². The van der Waals surface area contributed by atoms with E-state index in [1.165, 1.54) is 126 Å². The maximum Gasteiger partial charge on any atom is 0.228 e. The fraction of sp³-hybridized carbons (Fsp3) is 0.294. The van der Waals surface area contributed by atoms with Gasteiger partial charge in [0.25, 0.3) is 0 Å². The number of hydrogen-bond acceptors (Lipinski definition) is 4. The minimum Gasteiger partial charge on any atom is -0.455 e. The van der Waals surface area contributed by atoms with Gasteiger partial charge in [0.1, 0.15) is 16.7 Å². The van der Waals surface area contributed by atoms with Crippen LogP contribution in [-0.2, 0) is 10.8 Å². The van der Waals surface area contributed by atoms with E-state index in [9.17, 15) is 5.26 Å². The highest BCUT2D eigenvalue weighted by atomic mass is 16.3. The zero-order valence-corrected chi connectivity index (χ0v) is 31.9. The summed E-state index contributed by atoms with van der Waals surface area (Å²) in [6.45, 7) is 4.47. The molecular weight excluding hydrogens is 687 g/mol. The van der Waals surface area contributed by atoms with Gasteiger partial charge in [-0.3, -0.25) is 0 Å².